The van der Waals surface area contributed by atoms with Crippen LogP contribution in [0.15, 0.2) is 71.6 Å². The van der Waals surface area contributed by atoms with E-state index in [-0.39, 0.29) is 0 Å². The quantitative estimate of drug-likeness (QED) is 0.280. The molecule has 7 heteroatoms. The highest BCUT2D eigenvalue weighted by atomic mass is 32.1. The van der Waals surface area contributed by atoms with Crippen LogP contribution in [-0.4, -0.2) is 66.1 Å². The molecule has 4 aromatic rings. The van der Waals surface area contributed by atoms with Crippen molar-refractivity contribution in [3.8, 4) is 11.3 Å². The van der Waals surface area contributed by atoms with Crippen LogP contribution in [0, 0.1) is 0 Å². The van der Waals surface area contributed by atoms with E-state index in [1.165, 1.54) is 40.9 Å². The first-order valence-electron chi connectivity index (χ1n) is 13.7. The number of nitrogens with one attached hydrogen (secondary N) is 2. The standard InChI is InChI=1S/C31H36N6S/c1-36-14-16-37(17-15-36)13-4-12-32-31-34-21-25-19-29(27-5-2-3-6-28(27)30(25)35-31)24-7-9-26(10-8-24)33-20-23-11-18-38-22-23/h2-3,5-11,18,21-22,29,33H,4,12-17,19-20H2,1H3,(H,32,34,35). The second-order valence-electron chi connectivity index (χ2n) is 10.4. The van der Waals surface area contributed by atoms with Gasteiger partial charge < -0.3 is 20.4 Å². The SMILES string of the molecule is CN1CCN(CCCNc2ncc3c(n2)-c2ccccc2C(c2ccc(NCc4ccsc4)cc2)C3)CC1. The van der Waals surface area contributed by atoms with Gasteiger partial charge in [0, 0.05) is 62.6 Å². The van der Waals surface area contributed by atoms with E-state index in [9.17, 15) is 0 Å². The fraction of sp³-hybridized carbons (Fsp3) is 0.355. The van der Waals surface area contributed by atoms with Crippen molar-refractivity contribution in [1.82, 2.24) is 19.8 Å². The predicted molar refractivity (Wildman–Crippen MR) is 158 cm³/mol. The summed E-state index contributed by atoms with van der Waals surface area (Å²) in [6.45, 7) is 7.53. The molecule has 1 aliphatic heterocycles. The van der Waals surface area contributed by atoms with Gasteiger partial charge in [-0.3, -0.25) is 0 Å². The first-order chi connectivity index (χ1) is 18.7. The van der Waals surface area contributed by atoms with Crippen LogP contribution >= 0.6 is 11.3 Å². The minimum absolute atomic E-state index is 0.302. The number of rotatable bonds is 9. The van der Waals surface area contributed by atoms with Gasteiger partial charge in [-0.05, 0) is 77.6 Å². The number of hydrogen-bond donors (Lipinski definition) is 2. The molecule has 2 aliphatic rings. The molecular weight excluding hydrogens is 488 g/mol. The topological polar surface area (TPSA) is 56.3 Å². The molecular formula is C31H36N6S. The number of anilines is 2. The van der Waals surface area contributed by atoms with Crippen LogP contribution in [0.2, 0.25) is 0 Å². The summed E-state index contributed by atoms with van der Waals surface area (Å²) in [6.07, 6.45) is 4.05. The maximum atomic E-state index is 4.99. The van der Waals surface area contributed by atoms with Crippen LogP contribution < -0.4 is 10.6 Å². The normalized spacial score (nSPS) is 17.6. The Morgan fingerprint density at radius 1 is 0.974 bits per heavy atom. The zero-order valence-corrected chi connectivity index (χ0v) is 22.9. The summed E-state index contributed by atoms with van der Waals surface area (Å²) in [4.78, 5) is 14.6. The predicted octanol–water partition coefficient (Wildman–Crippen LogP) is 5.55. The Morgan fingerprint density at radius 2 is 1.82 bits per heavy atom. The number of hydrogen-bond acceptors (Lipinski definition) is 7. The van der Waals surface area contributed by atoms with E-state index in [1.54, 1.807) is 11.3 Å². The number of fused-ring (bicyclic) bond motifs is 3. The van der Waals surface area contributed by atoms with Crippen molar-refractivity contribution in [3.63, 3.8) is 0 Å². The van der Waals surface area contributed by atoms with Gasteiger partial charge in [-0.1, -0.05) is 36.4 Å². The fourth-order valence-corrected chi connectivity index (χ4v) is 6.19. The Kier molecular flexibility index (Phi) is 7.67. The van der Waals surface area contributed by atoms with Crippen LogP contribution in [0.25, 0.3) is 11.3 Å². The van der Waals surface area contributed by atoms with E-state index in [2.05, 4.69) is 92.8 Å². The van der Waals surface area contributed by atoms with Gasteiger partial charge in [0.2, 0.25) is 5.95 Å². The highest BCUT2D eigenvalue weighted by Crippen LogP contribution is 2.42. The molecule has 6 rings (SSSR count). The molecule has 1 unspecified atom stereocenters. The van der Waals surface area contributed by atoms with Crippen LogP contribution in [0.5, 0.6) is 0 Å². The van der Waals surface area contributed by atoms with Crippen LogP contribution in [0.3, 0.4) is 0 Å². The Bertz CT molecular complexity index is 1330. The molecule has 3 heterocycles. The van der Waals surface area contributed by atoms with Crippen molar-refractivity contribution in [2.45, 2.75) is 25.3 Å². The summed E-state index contributed by atoms with van der Waals surface area (Å²) >= 11 is 1.74. The molecule has 1 atom stereocenters. The van der Waals surface area contributed by atoms with Crippen LogP contribution in [-0.2, 0) is 13.0 Å². The highest BCUT2D eigenvalue weighted by molar-refractivity contribution is 7.07. The molecule has 2 aromatic heterocycles. The van der Waals surface area contributed by atoms with Gasteiger partial charge in [0.15, 0.2) is 0 Å². The summed E-state index contributed by atoms with van der Waals surface area (Å²) in [5.41, 5.74) is 8.66. The number of nitrogens with zero attached hydrogens (tertiary/aromatic N) is 4. The van der Waals surface area contributed by atoms with Gasteiger partial charge in [-0.25, -0.2) is 9.97 Å². The maximum absolute atomic E-state index is 4.99. The molecule has 0 amide bonds. The Hall–Kier alpha value is -3.26. The lowest BCUT2D eigenvalue weighted by molar-refractivity contribution is 0.154. The average molecular weight is 525 g/mol. The first kappa shape index (κ1) is 25.0. The number of thiophene rings is 1. The second kappa shape index (κ2) is 11.6. The van der Waals surface area contributed by atoms with Crippen molar-refractivity contribution >= 4 is 23.0 Å². The Labute approximate surface area is 229 Å². The van der Waals surface area contributed by atoms with Crippen molar-refractivity contribution < 1.29 is 0 Å². The molecule has 38 heavy (non-hydrogen) atoms. The fourth-order valence-electron chi connectivity index (χ4n) is 5.52. The highest BCUT2D eigenvalue weighted by Gasteiger charge is 2.27. The zero-order valence-electron chi connectivity index (χ0n) is 22.1. The monoisotopic (exact) mass is 524 g/mol. The molecule has 0 saturated carbocycles. The lowest BCUT2D eigenvalue weighted by Crippen LogP contribution is -2.44. The third-order valence-corrected chi connectivity index (χ3v) is 8.53. The Morgan fingerprint density at radius 3 is 2.63 bits per heavy atom. The van der Waals surface area contributed by atoms with Gasteiger partial charge in [0.1, 0.15) is 0 Å². The van der Waals surface area contributed by atoms with E-state index < -0.39 is 0 Å². The summed E-state index contributed by atoms with van der Waals surface area (Å²) < 4.78 is 0. The van der Waals surface area contributed by atoms with E-state index in [0.29, 0.717) is 5.92 Å². The van der Waals surface area contributed by atoms with E-state index >= 15 is 0 Å². The molecule has 1 saturated heterocycles. The van der Waals surface area contributed by atoms with Crippen molar-refractivity contribution in [2.24, 2.45) is 0 Å². The number of likely N-dealkylation sites (N-methyl/N-ethyl adjacent to an activating group) is 1. The number of benzene rings is 2. The summed E-state index contributed by atoms with van der Waals surface area (Å²) in [7, 11) is 2.20. The second-order valence-corrected chi connectivity index (χ2v) is 11.2. The molecule has 1 fully saturated rings. The smallest absolute Gasteiger partial charge is 0.223 e. The molecule has 6 nitrogen and oxygen atoms in total. The largest absolute Gasteiger partial charge is 0.381 e. The van der Waals surface area contributed by atoms with Gasteiger partial charge in [0.05, 0.1) is 5.69 Å². The molecule has 0 bridgehead atoms. The molecule has 0 spiro atoms. The van der Waals surface area contributed by atoms with Gasteiger partial charge >= 0.3 is 0 Å². The summed E-state index contributed by atoms with van der Waals surface area (Å²) in [5, 5.41) is 11.3. The maximum Gasteiger partial charge on any atom is 0.223 e. The number of piperazine rings is 1. The first-order valence-corrected chi connectivity index (χ1v) is 14.6. The third-order valence-electron chi connectivity index (χ3n) is 7.80. The molecule has 2 N–H and O–H groups in total. The minimum Gasteiger partial charge on any atom is -0.381 e. The molecule has 196 valence electrons. The van der Waals surface area contributed by atoms with Crippen molar-refractivity contribution in [2.75, 3.05) is 56.9 Å². The molecule has 1 aliphatic carbocycles. The van der Waals surface area contributed by atoms with Gasteiger partial charge in [-0.15, -0.1) is 0 Å². The lowest BCUT2D eigenvalue weighted by Gasteiger charge is -2.32. The number of aromatic nitrogens is 2. The van der Waals surface area contributed by atoms with Crippen molar-refractivity contribution in [3.05, 3.63) is 93.8 Å². The van der Waals surface area contributed by atoms with Crippen LogP contribution in [0.1, 0.15) is 34.6 Å². The van der Waals surface area contributed by atoms with Crippen molar-refractivity contribution in [1.29, 1.82) is 0 Å². The van der Waals surface area contributed by atoms with E-state index in [1.807, 2.05) is 6.20 Å². The summed E-state index contributed by atoms with van der Waals surface area (Å²) in [6, 6.07) is 19.8. The third kappa shape index (κ3) is 5.75. The average Bonchev–Trinajstić information content (AvgIpc) is 3.49. The molecule has 0 radical (unpaired) electrons. The van der Waals surface area contributed by atoms with Crippen LogP contribution in [0.4, 0.5) is 11.6 Å². The Balaban J connectivity index is 1.12. The van der Waals surface area contributed by atoms with E-state index in [4.69, 9.17) is 9.97 Å². The lowest BCUT2D eigenvalue weighted by atomic mass is 9.78. The zero-order chi connectivity index (χ0) is 25.7. The summed E-state index contributed by atoms with van der Waals surface area (Å²) in [5.74, 6) is 1.03. The molecule has 2 aromatic carbocycles. The van der Waals surface area contributed by atoms with Gasteiger partial charge in [-0.2, -0.15) is 11.3 Å². The van der Waals surface area contributed by atoms with Gasteiger partial charge in [0.25, 0.3) is 0 Å². The van der Waals surface area contributed by atoms with E-state index in [0.717, 1.165) is 62.9 Å². The minimum atomic E-state index is 0.302.